The number of aromatic nitrogens is 2. The van der Waals surface area contributed by atoms with Crippen molar-refractivity contribution in [3.63, 3.8) is 0 Å². The van der Waals surface area contributed by atoms with Gasteiger partial charge in [0.1, 0.15) is 11.6 Å². The van der Waals surface area contributed by atoms with E-state index in [9.17, 15) is 8.78 Å². The molecule has 0 bridgehead atoms. The lowest BCUT2D eigenvalue weighted by molar-refractivity contribution is 0.584. The highest BCUT2D eigenvalue weighted by molar-refractivity contribution is 5.54. The van der Waals surface area contributed by atoms with Crippen LogP contribution in [0.4, 0.5) is 8.78 Å². The van der Waals surface area contributed by atoms with Gasteiger partial charge < -0.3 is 0 Å². The van der Waals surface area contributed by atoms with E-state index in [0.717, 1.165) is 24.5 Å². The summed E-state index contributed by atoms with van der Waals surface area (Å²) in [6, 6.07) is 3.27. The van der Waals surface area contributed by atoms with E-state index >= 15 is 0 Å². The van der Waals surface area contributed by atoms with Crippen LogP contribution >= 0.6 is 0 Å². The SMILES string of the molecule is CCCc1cnc(-c2cc(F)cc(F)c2)nc1. The minimum Gasteiger partial charge on any atom is -0.236 e. The van der Waals surface area contributed by atoms with E-state index in [1.54, 1.807) is 12.4 Å². The number of rotatable bonds is 3. The molecule has 0 spiro atoms. The second kappa shape index (κ2) is 4.99. The fourth-order valence-corrected chi connectivity index (χ4v) is 1.60. The molecule has 4 heteroatoms. The first kappa shape index (κ1) is 11.6. The fourth-order valence-electron chi connectivity index (χ4n) is 1.60. The molecule has 2 aromatic rings. The Morgan fingerprint density at radius 3 is 2.12 bits per heavy atom. The Balaban J connectivity index is 2.32. The predicted molar refractivity (Wildman–Crippen MR) is 61.4 cm³/mol. The third kappa shape index (κ3) is 2.84. The largest absolute Gasteiger partial charge is 0.236 e. The van der Waals surface area contributed by atoms with Crippen molar-refractivity contribution in [2.45, 2.75) is 19.8 Å². The van der Waals surface area contributed by atoms with Gasteiger partial charge in [0.25, 0.3) is 0 Å². The summed E-state index contributed by atoms with van der Waals surface area (Å²) in [5.41, 5.74) is 1.37. The van der Waals surface area contributed by atoms with Crippen molar-refractivity contribution in [1.82, 2.24) is 9.97 Å². The summed E-state index contributed by atoms with van der Waals surface area (Å²) < 4.78 is 26.0. The van der Waals surface area contributed by atoms with E-state index in [-0.39, 0.29) is 0 Å². The van der Waals surface area contributed by atoms with Gasteiger partial charge in [0.05, 0.1) is 0 Å². The quantitative estimate of drug-likeness (QED) is 0.813. The molecule has 0 aliphatic heterocycles. The van der Waals surface area contributed by atoms with Crippen molar-refractivity contribution in [2.24, 2.45) is 0 Å². The minimum atomic E-state index is -0.624. The zero-order valence-corrected chi connectivity index (χ0v) is 9.45. The summed E-state index contributed by atoms with van der Waals surface area (Å²) in [6.07, 6.45) is 5.29. The second-order valence-electron chi connectivity index (χ2n) is 3.82. The number of hydrogen-bond donors (Lipinski definition) is 0. The van der Waals surface area contributed by atoms with E-state index in [0.29, 0.717) is 11.4 Å². The van der Waals surface area contributed by atoms with E-state index in [1.165, 1.54) is 12.1 Å². The lowest BCUT2D eigenvalue weighted by Crippen LogP contribution is -1.93. The van der Waals surface area contributed by atoms with Crippen molar-refractivity contribution in [3.8, 4) is 11.4 Å². The van der Waals surface area contributed by atoms with E-state index < -0.39 is 11.6 Å². The molecule has 0 aliphatic rings. The van der Waals surface area contributed by atoms with Crippen molar-refractivity contribution in [1.29, 1.82) is 0 Å². The Kier molecular flexibility index (Phi) is 3.42. The molecular formula is C13H12F2N2. The first-order chi connectivity index (χ1) is 8.19. The Morgan fingerprint density at radius 2 is 1.59 bits per heavy atom. The number of hydrogen-bond acceptors (Lipinski definition) is 2. The zero-order chi connectivity index (χ0) is 12.3. The standard InChI is InChI=1S/C13H12F2N2/c1-2-3-9-7-16-13(17-8-9)10-4-11(14)6-12(15)5-10/h4-8H,2-3H2,1H3. The van der Waals surface area contributed by atoms with Gasteiger partial charge in [-0.1, -0.05) is 13.3 Å². The van der Waals surface area contributed by atoms with Crippen LogP contribution in [0, 0.1) is 11.6 Å². The van der Waals surface area contributed by atoms with Gasteiger partial charge in [0.15, 0.2) is 5.82 Å². The summed E-state index contributed by atoms with van der Waals surface area (Å²) in [5.74, 6) is -0.911. The summed E-state index contributed by atoms with van der Waals surface area (Å²) in [5, 5.41) is 0. The third-order valence-electron chi connectivity index (χ3n) is 2.36. The first-order valence-electron chi connectivity index (χ1n) is 5.46. The van der Waals surface area contributed by atoms with Crippen LogP contribution in [0.15, 0.2) is 30.6 Å². The molecule has 0 N–H and O–H groups in total. The molecule has 0 atom stereocenters. The molecule has 1 heterocycles. The molecule has 88 valence electrons. The average molecular weight is 234 g/mol. The molecule has 2 rings (SSSR count). The topological polar surface area (TPSA) is 25.8 Å². The molecular weight excluding hydrogens is 222 g/mol. The van der Waals surface area contributed by atoms with Gasteiger partial charge in [-0.05, 0) is 24.1 Å². The van der Waals surface area contributed by atoms with Crippen LogP contribution in [0.3, 0.4) is 0 Å². The van der Waals surface area contributed by atoms with Gasteiger partial charge >= 0.3 is 0 Å². The van der Waals surface area contributed by atoms with Gasteiger partial charge in [0.2, 0.25) is 0 Å². The lowest BCUT2D eigenvalue weighted by Gasteiger charge is -2.02. The van der Waals surface area contributed by atoms with Crippen molar-refractivity contribution in [3.05, 3.63) is 47.8 Å². The van der Waals surface area contributed by atoms with Gasteiger partial charge in [-0.3, -0.25) is 0 Å². The molecule has 0 fully saturated rings. The highest BCUT2D eigenvalue weighted by Crippen LogP contribution is 2.17. The van der Waals surface area contributed by atoms with Crippen molar-refractivity contribution in [2.75, 3.05) is 0 Å². The van der Waals surface area contributed by atoms with Gasteiger partial charge in [-0.25, -0.2) is 18.7 Å². The smallest absolute Gasteiger partial charge is 0.159 e. The molecule has 0 saturated carbocycles. The summed E-state index contributed by atoms with van der Waals surface area (Å²) in [7, 11) is 0. The Morgan fingerprint density at radius 1 is 1.00 bits per heavy atom. The molecule has 0 radical (unpaired) electrons. The lowest BCUT2D eigenvalue weighted by atomic mass is 10.2. The number of nitrogens with zero attached hydrogens (tertiary/aromatic N) is 2. The van der Waals surface area contributed by atoms with Crippen LogP contribution in [0.2, 0.25) is 0 Å². The average Bonchev–Trinajstić information content (AvgIpc) is 2.29. The number of halogens is 2. The Labute approximate surface area is 98.4 Å². The van der Waals surface area contributed by atoms with Crippen LogP contribution in [-0.2, 0) is 6.42 Å². The fraction of sp³-hybridized carbons (Fsp3) is 0.231. The maximum absolute atomic E-state index is 13.0. The van der Waals surface area contributed by atoms with Crippen LogP contribution in [0.1, 0.15) is 18.9 Å². The molecule has 0 unspecified atom stereocenters. The van der Waals surface area contributed by atoms with E-state index in [4.69, 9.17) is 0 Å². The number of benzene rings is 1. The van der Waals surface area contributed by atoms with Gasteiger partial charge in [0, 0.05) is 24.0 Å². The predicted octanol–water partition coefficient (Wildman–Crippen LogP) is 3.37. The highest BCUT2D eigenvalue weighted by Gasteiger charge is 2.05. The van der Waals surface area contributed by atoms with E-state index in [2.05, 4.69) is 16.9 Å². The Bertz CT molecular complexity index is 489. The van der Waals surface area contributed by atoms with Crippen LogP contribution in [-0.4, -0.2) is 9.97 Å². The van der Waals surface area contributed by atoms with E-state index in [1.807, 2.05) is 0 Å². The normalized spacial score (nSPS) is 10.5. The van der Waals surface area contributed by atoms with Gasteiger partial charge in [-0.2, -0.15) is 0 Å². The minimum absolute atomic E-state index is 0.336. The Hall–Kier alpha value is -1.84. The highest BCUT2D eigenvalue weighted by atomic mass is 19.1. The maximum atomic E-state index is 13.0. The van der Waals surface area contributed by atoms with Crippen molar-refractivity contribution >= 4 is 0 Å². The molecule has 2 nitrogen and oxygen atoms in total. The van der Waals surface area contributed by atoms with Crippen molar-refractivity contribution < 1.29 is 8.78 Å². The summed E-state index contributed by atoms with van der Waals surface area (Å²) >= 11 is 0. The molecule has 1 aromatic heterocycles. The molecule has 1 aromatic carbocycles. The molecule has 0 aliphatic carbocycles. The monoisotopic (exact) mass is 234 g/mol. The molecule has 0 amide bonds. The summed E-state index contributed by atoms with van der Waals surface area (Å²) in [6.45, 7) is 2.07. The maximum Gasteiger partial charge on any atom is 0.159 e. The van der Waals surface area contributed by atoms with Crippen LogP contribution in [0.25, 0.3) is 11.4 Å². The number of aryl methyl sites for hydroxylation is 1. The van der Waals surface area contributed by atoms with Crippen LogP contribution in [0.5, 0.6) is 0 Å². The zero-order valence-electron chi connectivity index (χ0n) is 9.45. The van der Waals surface area contributed by atoms with Gasteiger partial charge in [-0.15, -0.1) is 0 Å². The molecule has 0 saturated heterocycles. The second-order valence-corrected chi connectivity index (χ2v) is 3.82. The third-order valence-corrected chi connectivity index (χ3v) is 2.36. The molecule has 17 heavy (non-hydrogen) atoms. The first-order valence-corrected chi connectivity index (χ1v) is 5.46. The van der Waals surface area contributed by atoms with Crippen LogP contribution < -0.4 is 0 Å². The summed E-state index contributed by atoms with van der Waals surface area (Å²) in [4.78, 5) is 8.21.